The topological polar surface area (TPSA) is 22.0 Å². The molecule has 0 N–H and O–H groups in total. The minimum Gasteiger partial charge on any atom is -0.343 e. The zero-order valence-corrected chi connectivity index (χ0v) is 16.4. The van der Waals surface area contributed by atoms with Crippen LogP contribution in [-0.2, 0) is 23.9 Å². The Morgan fingerprint density at radius 2 is 1.67 bits per heavy atom. The number of alkyl halides is 3. The summed E-state index contributed by atoms with van der Waals surface area (Å²) in [5, 5.41) is 0.937. The molecule has 0 amide bonds. The van der Waals surface area contributed by atoms with Gasteiger partial charge in [0.1, 0.15) is 6.29 Å². The van der Waals surface area contributed by atoms with Crippen molar-refractivity contribution in [2.75, 3.05) is 0 Å². The minimum atomic E-state index is -4.37. The number of hydrogen-bond donors (Lipinski definition) is 0. The van der Waals surface area contributed by atoms with E-state index in [0.717, 1.165) is 39.9 Å². The third-order valence-electron chi connectivity index (χ3n) is 5.26. The van der Waals surface area contributed by atoms with Crippen molar-refractivity contribution < 1.29 is 18.0 Å². The van der Waals surface area contributed by atoms with Crippen molar-refractivity contribution in [1.82, 2.24) is 4.57 Å². The Kier molecular flexibility index (Phi) is 5.20. The van der Waals surface area contributed by atoms with Crippen molar-refractivity contribution in [2.24, 2.45) is 0 Å². The first-order chi connectivity index (χ1) is 14.3. The molecule has 4 aromatic rings. The van der Waals surface area contributed by atoms with Crippen LogP contribution in [0.5, 0.6) is 0 Å². The first kappa shape index (κ1) is 20.0. The fraction of sp³-hybridized carbons (Fsp3) is 0.160. The maximum Gasteiger partial charge on any atom is 0.416 e. The lowest BCUT2D eigenvalue weighted by atomic mass is 10.0. The molecule has 0 unspecified atom stereocenters. The van der Waals surface area contributed by atoms with Crippen LogP contribution in [0.15, 0.2) is 72.9 Å². The Morgan fingerprint density at radius 1 is 0.933 bits per heavy atom. The molecule has 0 fully saturated rings. The maximum atomic E-state index is 13.0. The highest BCUT2D eigenvalue weighted by Crippen LogP contribution is 2.31. The van der Waals surface area contributed by atoms with Crippen molar-refractivity contribution >= 4 is 17.2 Å². The fourth-order valence-corrected chi connectivity index (χ4v) is 3.72. The summed E-state index contributed by atoms with van der Waals surface area (Å²) in [6.45, 7) is 2.33. The standard InChI is InChI=1S/C25H20F3NO/c1-17-5-7-19(8-6-17)20-9-10-24-23(14-20)21(11-12-30)16-29(24)15-18-3-2-4-22(13-18)25(26,27)28/h2-10,12-14,16H,11,15H2,1H3. The SMILES string of the molecule is Cc1ccc(-c2ccc3c(c2)c(CC=O)cn3Cc2cccc(C(F)(F)F)c2)cc1. The molecule has 0 aliphatic rings. The van der Waals surface area contributed by atoms with E-state index in [9.17, 15) is 18.0 Å². The van der Waals surface area contributed by atoms with E-state index in [4.69, 9.17) is 0 Å². The van der Waals surface area contributed by atoms with Crippen LogP contribution in [0.3, 0.4) is 0 Å². The van der Waals surface area contributed by atoms with Crippen molar-refractivity contribution in [3.05, 3.63) is 95.2 Å². The fourth-order valence-electron chi connectivity index (χ4n) is 3.72. The molecule has 0 radical (unpaired) electrons. The number of nitrogens with zero attached hydrogens (tertiary/aromatic N) is 1. The highest BCUT2D eigenvalue weighted by Gasteiger charge is 2.30. The average molecular weight is 407 g/mol. The van der Waals surface area contributed by atoms with Gasteiger partial charge in [-0.05, 0) is 53.4 Å². The normalized spacial score (nSPS) is 11.7. The monoisotopic (exact) mass is 407 g/mol. The minimum absolute atomic E-state index is 0.253. The smallest absolute Gasteiger partial charge is 0.343 e. The molecule has 0 saturated heterocycles. The molecule has 0 bridgehead atoms. The molecule has 5 heteroatoms. The van der Waals surface area contributed by atoms with Gasteiger partial charge in [-0.3, -0.25) is 0 Å². The van der Waals surface area contributed by atoms with E-state index in [1.54, 1.807) is 6.07 Å². The van der Waals surface area contributed by atoms with E-state index in [-0.39, 0.29) is 6.42 Å². The third kappa shape index (κ3) is 4.01. The zero-order valence-electron chi connectivity index (χ0n) is 16.4. The highest BCUT2D eigenvalue weighted by atomic mass is 19.4. The summed E-state index contributed by atoms with van der Waals surface area (Å²) in [6.07, 6.45) is -1.41. The molecule has 1 aromatic heterocycles. The zero-order chi connectivity index (χ0) is 21.3. The molecule has 2 nitrogen and oxygen atoms in total. The number of rotatable bonds is 5. The van der Waals surface area contributed by atoms with Gasteiger partial charge in [0.05, 0.1) is 5.56 Å². The highest BCUT2D eigenvalue weighted by molar-refractivity contribution is 5.90. The van der Waals surface area contributed by atoms with Gasteiger partial charge >= 0.3 is 6.18 Å². The molecule has 0 atom stereocenters. The summed E-state index contributed by atoms with van der Waals surface area (Å²) < 4.78 is 41.1. The average Bonchev–Trinajstić information content (AvgIpc) is 3.05. The summed E-state index contributed by atoms with van der Waals surface area (Å²) in [5.74, 6) is 0. The predicted octanol–water partition coefficient (Wildman–Crippen LogP) is 6.43. The Balaban J connectivity index is 1.76. The van der Waals surface area contributed by atoms with Crippen molar-refractivity contribution in [3.63, 3.8) is 0 Å². The van der Waals surface area contributed by atoms with Gasteiger partial charge in [0.2, 0.25) is 0 Å². The van der Waals surface area contributed by atoms with Crippen molar-refractivity contribution in [2.45, 2.75) is 26.1 Å². The molecular formula is C25H20F3NO. The van der Waals surface area contributed by atoms with Crippen LogP contribution in [0, 0.1) is 6.92 Å². The molecule has 0 aliphatic heterocycles. The van der Waals surface area contributed by atoms with Crippen LogP contribution < -0.4 is 0 Å². The molecule has 0 spiro atoms. The number of halogens is 3. The number of aryl methyl sites for hydroxylation is 1. The molecule has 0 saturated carbocycles. The first-order valence-electron chi connectivity index (χ1n) is 9.64. The number of carbonyl (C=O) groups excluding carboxylic acids is 1. The third-order valence-corrected chi connectivity index (χ3v) is 5.26. The predicted molar refractivity (Wildman–Crippen MR) is 112 cm³/mol. The quantitative estimate of drug-likeness (QED) is 0.350. The van der Waals surface area contributed by atoms with Crippen LogP contribution in [0.1, 0.15) is 22.3 Å². The number of aldehydes is 1. The number of fused-ring (bicyclic) bond motifs is 1. The van der Waals surface area contributed by atoms with Crippen LogP contribution in [-0.4, -0.2) is 10.9 Å². The van der Waals surface area contributed by atoms with Gasteiger partial charge in [-0.2, -0.15) is 13.2 Å². The van der Waals surface area contributed by atoms with Gasteiger partial charge in [0.25, 0.3) is 0 Å². The molecule has 0 aliphatic carbocycles. The molecule has 152 valence electrons. The number of benzene rings is 3. The van der Waals surface area contributed by atoms with Gasteiger partial charge in [-0.1, -0.05) is 48.0 Å². The molecular weight excluding hydrogens is 387 g/mol. The van der Waals surface area contributed by atoms with Crippen LogP contribution in [0.25, 0.3) is 22.0 Å². The maximum absolute atomic E-state index is 13.0. The molecule has 4 rings (SSSR count). The largest absolute Gasteiger partial charge is 0.416 e. The summed E-state index contributed by atoms with van der Waals surface area (Å²) in [6, 6.07) is 19.6. The van der Waals surface area contributed by atoms with Gasteiger partial charge in [0.15, 0.2) is 0 Å². The van der Waals surface area contributed by atoms with E-state index in [1.165, 1.54) is 17.7 Å². The Morgan fingerprint density at radius 3 is 2.37 bits per heavy atom. The molecule has 30 heavy (non-hydrogen) atoms. The van der Waals surface area contributed by atoms with Gasteiger partial charge in [0, 0.05) is 30.1 Å². The lowest BCUT2D eigenvalue weighted by Crippen LogP contribution is -2.06. The van der Waals surface area contributed by atoms with Crippen LogP contribution in [0.4, 0.5) is 13.2 Å². The Labute approximate surface area is 172 Å². The lowest BCUT2D eigenvalue weighted by Gasteiger charge is -2.10. The second-order valence-electron chi connectivity index (χ2n) is 7.45. The summed E-state index contributed by atoms with van der Waals surface area (Å²) in [4.78, 5) is 11.2. The Bertz CT molecular complexity index is 1200. The number of carbonyl (C=O) groups is 1. The van der Waals surface area contributed by atoms with Crippen molar-refractivity contribution in [1.29, 1.82) is 0 Å². The van der Waals surface area contributed by atoms with E-state index in [0.29, 0.717) is 12.1 Å². The molecule has 1 heterocycles. The van der Waals surface area contributed by atoms with Crippen LogP contribution in [0.2, 0.25) is 0 Å². The first-order valence-corrected chi connectivity index (χ1v) is 9.64. The summed E-state index contributed by atoms with van der Waals surface area (Å²) in [5.41, 5.74) is 4.93. The molecule has 3 aromatic carbocycles. The van der Waals surface area contributed by atoms with Crippen LogP contribution >= 0.6 is 0 Å². The van der Waals surface area contributed by atoms with E-state index < -0.39 is 11.7 Å². The second-order valence-corrected chi connectivity index (χ2v) is 7.45. The van der Waals surface area contributed by atoms with Gasteiger partial charge in [-0.15, -0.1) is 0 Å². The van der Waals surface area contributed by atoms with Crippen molar-refractivity contribution in [3.8, 4) is 11.1 Å². The van der Waals surface area contributed by atoms with Gasteiger partial charge < -0.3 is 9.36 Å². The Hall–Kier alpha value is -3.34. The lowest BCUT2D eigenvalue weighted by molar-refractivity contribution is -0.137. The summed E-state index contributed by atoms with van der Waals surface area (Å²) in [7, 11) is 0. The number of hydrogen-bond acceptors (Lipinski definition) is 1. The van der Waals surface area contributed by atoms with E-state index in [1.807, 2.05) is 48.0 Å². The number of aromatic nitrogens is 1. The summed E-state index contributed by atoms with van der Waals surface area (Å²) >= 11 is 0. The van der Waals surface area contributed by atoms with E-state index in [2.05, 4.69) is 12.1 Å². The van der Waals surface area contributed by atoms with E-state index >= 15 is 0 Å². The second kappa shape index (κ2) is 7.82. The van der Waals surface area contributed by atoms with Gasteiger partial charge in [-0.25, -0.2) is 0 Å².